The summed E-state index contributed by atoms with van der Waals surface area (Å²) < 4.78 is 105. The molecule has 0 radical (unpaired) electrons. The van der Waals surface area contributed by atoms with Crippen molar-refractivity contribution in [2.75, 3.05) is 19.7 Å². The number of likely N-dealkylation sites (tertiary alicyclic amines) is 1. The summed E-state index contributed by atoms with van der Waals surface area (Å²) in [6, 6.07) is 3.80. The van der Waals surface area contributed by atoms with Crippen molar-refractivity contribution >= 4 is 33.5 Å². The predicted octanol–water partition coefficient (Wildman–Crippen LogP) is 5.03. The van der Waals surface area contributed by atoms with Crippen LogP contribution in [-0.2, 0) is 30.4 Å². The predicted molar refractivity (Wildman–Crippen MR) is 148 cm³/mol. The molecule has 1 aliphatic heterocycles. The number of nitrogens with zero attached hydrogens (tertiary/aromatic N) is 2. The van der Waals surface area contributed by atoms with Gasteiger partial charge in [0.25, 0.3) is 15.9 Å². The molecule has 44 heavy (non-hydrogen) atoms. The Labute approximate surface area is 256 Å². The Kier molecular flexibility index (Phi) is 10.4. The highest BCUT2D eigenvalue weighted by molar-refractivity contribution is 7.89. The fourth-order valence-corrected chi connectivity index (χ4v) is 6.60. The van der Waals surface area contributed by atoms with E-state index in [1.807, 2.05) is 0 Å². The zero-order valence-electron chi connectivity index (χ0n) is 23.3. The van der Waals surface area contributed by atoms with Crippen LogP contribution >= 0.6 is 11.6 Å². The van der Waals surface area contributed by atoms with Gasteiger partial charge in [-0.1, -0.05) is 43.0 Å². The molecule has 0 bridgehead atoms. The van der Waals surface area contributed by atoms with Gasteiger partial charge in [-0.25, -0.2) is 13.2 Å². The Morgan fingerprint density at radius 2 is 1.59 bits per heavy atom. The largest absolute Gasteiger partial charge is 0.493 e. The summed E-state index contributed by atoms with van der Waals surface area (Å²) in [5, 5.41) is 0.0108. The molecule has 4 rings (SSSR count). The second kappa shape index (κ2) is 13.5. The second-order valence-electron chi connectivity index (χ2n) is 10.8. The van der Waals surface area contributed by atoms with E-state index in [4.69, 9.17) is 22.1 Å². The normalized spacial score (nSPS) is 19.2. The van der Waals surface area contributed by atoms with Gasteiger partial charge in [-0.2, -0.15) is 22.0 Å². The third-order valence-electron chi connectivity index (χ3n) is 7.53. The van der Waals surface area contributed by atoms with E-state index in [9.17, 15) is 31.2 Å². The Bertz CT molecular complexity index is 1420. The van der Waals surface area contributed by atoms with Gasteiger partial charge < -0.3 is 20.2 Å². The molecule has 1 saturated carbocycles. The molecular weight excluding hydrogens is 637 g/mol. The summed E-state index contributed by atoms with van der Waals surface area (Å²) in [5.74, 6) is -8.76. The van der Waals surface area contributed by atoms with Crippen LogP contribution in [0.3, 0.4) is 0 Å². The molecule has 1 heterocycles. The number of carbonyl (C=O) groups is 2. The lowest BCUT2D eigenvalue weighted by molar-refractivity contribution is -0.239. The zero-order valence-corrected chi connectivity index (χ0v) is 24.9. The minimum atomic E-state index is -5.80. The van der Waals surface area contributed by atoms with Crippen molar-refractivity contribution in [3.05, 3.63) is 59.1 Å². The van der Waals surface area contributed by atoms with E-state index in [2.05, 4.69) is 4.84 Å². The highest BCUT2D eigenvalue weighted by atomic mass is 35.5. The summed E-state index contributed by atoms with van der Waals surface area (Å²) in [4.78, 5) is 29.7. The molecule has 242 valence electrons. The Morgan fingerprint density at radius 1 is 0.977 bits per heavy atom. The van der Waals surface area contributed by atoms with Gasteiger partial charge in [0.1, 0.15) is 5.75 Å². The van der Waals surface area contributed by atoms with Gasteiger partial charge in [-0.15, -0.1) is 0 Å². The number of hydrogen-bond acceptors (Lipinski definition) is 7. The van der Waals surface area contributed by atoms with E-state index >= 15 is 8.78 Å². The highest BCUT2D eigenvalue weighted by Gasteiger charge is 2.58. The Morgan fingerprint density at radius 3 is 2.14 bits per heavy atom. The number of sulfonamides is 1. The van der Waals surface area contributed by atoms with Crippen molar-refractivity contribution in [3.8, 4) is 5.75 Å². The van der Waals surface area contributed by atoms with Crippen LogP contribution in [0.25, 0.3) is 0 Å². The van der Waals surface area contributed by atoms with E-state index in [-0.39, 0.29) is 30.3 Å². The van der Waals surface area contributed by atoms with Crippen LogP contribution in [0.5, 0.6) is 5.75 Å². The summed E-state index contributed by atoms with van der Waals surface area (Å²) in [6.07, 6.45) is -0.477. The topological polar surface area (TPSA) is 119 Å². The summed E-state index contributed by atoms with van der Waals surface area (Å²) in [6.45, 7) is -0.134. The number of hydrogen-bond donors (Lipinski definition) is 1. The molecule has 0 aromatic heterocycles. The Hall–Kier alpha value is -3.01. The number of alkyl halides is 5. The summed E-state index contributed by atoms with van der Waals surface area (Å²) in [5.41, 5.74) is 4.83. The average Bonchev–Trinajstić information content (AvgIpc) is 3.42. The molecule has 0 spiro atoms. The van der Waals surface area contributed by atoms with E-state index in [1.165, 1.54) is 12.1 Å². The van der Waals surface area contributed by atoms with Gasteiger partial charge in [0.15, 0.2) is 0 Å². The van der Waals surface area contributed by atoms with Crippen LogP contribution in [0.15, 0.2) is 53.4 Å². The van der Waals surface area contributed by atoms with E-state index < -0.39 is 61.0 Å². The van der Waals surface area contributed by atoms with Gasteiger partial charge in [0.2, 0.25) is 6.04 Å². The second-order valence-corrected chi connectivity index (χ2v) is 13.0. The maximum Gasteiger partial charge on any atom is 0.492 e. The van der Waals surface area contributed by atoms with Crippen LogP contribution in [0.2, 0.25) is 5.02 Å². The van der Waals surface area contributed by atoms with Crippen molar-refractivity contribution in [1.29, 1.82) is 0 Å². The van der Waals surface area contributed by atoms with Crippen LogP contribution in [0, 0.1) is 5.92 Å². The molecule has 2 N–H and O–H groups in total. The quantitative estimate of drug-likeness (QED) is 0.279. The average molecular weight is 668 g/mol. The van der Waals surface area contributed by atoms with Crippen LogP contribution in [0.1, 0.15) is 44.1 Å². The maximum absolute atomic E-state index is 16.2. The number of carbonyl (C=O) groups excluding carboxylic acids is 2. The fraction of sp³-hybridized carbons (Fsp3) is 0.500. The first-order chi connectivity index (χ1) is 20.6. The van der Waals surface area contributed by atoms with Crippen molar-refractivity contribution in [2.45, 2.75) is 67.6 Å². The lowest BCUT2D eigenvalue weighted by Crippen LogP contribution is -2.58. The molecule has 1 amide bonds. The van der Waals surface area contributed by atoms with Crippen molar-refractivity contribution in [1.82, 2.24) is 9.37 Å². The smallest absolute Gasteiger partial charge is 0.492 e. The number of rotatable bonds is 10. The first-order valence-corrected chi connectivity index (χ1v) is 15.7. The standard InChI is InChI=1S/C28H31ClF5N3O6S/c29-20-8-6-19(7-9-20)27(30,31)24(25(38)36-15-14-21(35)16-36)37(43-26(39)28(32,33)34)44(40,41)23-12-10-22(11-13-23)42-17-18-4-2-1-3-5-18/h6-13,18,21,24H,1-5,14-17,35H2/t21-,24+/m1/s1. The van der Waals surface area contributed by atoms with Gasteiger partial charge in [-0.3, -0.25) is 4.79 Å². The van der Waals surface area contributed by atoms with E-state index in [0.29, 0.717) is 12.5 Å². The zero-order chi connectivity index (χ0) is 32.3. The van der Waals surface area contributed by atoms with E-state index in [0.717, 1.165) is 73.4 Å². The maximum atomic E-state index is 16.2. The third kappa shape index (κ3) is 7.79. The number of ether oxygens (including phenoxy) is 1. The van der Waals surface area contributed by atoms with Crippen LogP contribution < -0.4 is 10.5 Å². The van der Waals surface area contributed by atoms with Crippen molar-refractivity contribution in [3.63, 3.8) is 0 Å². The number of halogens is 6. The molecule has 1 aliphatic carbocycles. The number of amides is 1. The number of nitrogens with two attached hydrogens (primary N) is 1. The minimum Gasteiger partial charge on any atom is -0.493 e. The molecule has 2 aromatic carbocycles. The number of hydroxylamine groups is 1. The molecule has 1 saturated heterocycles. The van der Waals surface area contributed by atoms with Gasteiger partial charge in [0, 0.05) is 29.7 Å². The molecule has 2 aliphatic rings. The van der Waals surface area contributed by atoms with Gasteiger partial charge in [0.05, 0.1) is 11.5 Å². The molecule has 0 unspecified atom stereocenters. The van der Waals surface area contributed by atoms with Crippen molar-refractivity contribution in [2.24, 2.45) is 11.7 Å². The van der Waals surface area contributed by atoms with Crippen LogP contribution in [0.4, 0.5) is 22.0 Å². The monoisotopic (exact) mass is 667 g/mol. The highest BCUT2D eigenvalue weighted by Crippen LogP contribution is 2.40. The summed E-state index contributed by atoms with van der Waals surface area (Å²) >= 11 is 5.79. The Balaban J connectivity index is 1.75. The van der Waals surface area contributed by atoms with Gasteiger partial charge in [-0.05, 0) is 66.0 Å². The summed E-state index contributed by atoms with van der Waals surface area (Å²) in [7, 11) is -5.55. The first kappa shape index (κ1) is 33.9. The molecular formula is C28H31ClF5N3O6S. The van der Waals surface area contributed by atoms with E-state index in [1.54, 1.807) is 0 Å². The third-order valence-corrected chi connectivity index (χ3v) is 9.41. The SMILES string of the molecule is N[C@@H]1CCN(C(=O)[C@H](N(OC(=O)C(F)(F)F)S(=O)(=O)c2ccc(OCC3CCCCC3)cc2)C(F)(F)c2ccc(Cl)cc2)C1. The molecule has 16 heteroatoms. The lowest BCUT2D eigenvalue weighted by Gasteiger charge is -2.35. The van der Waals surface area contributed by atoms with Crippen LogP contribution in [-0.4, -0.2) is 67.6 Å². The molecule has 2 aromatic rings. The molecule has 9 nitrogen and oxygen atoms in total. The first-order valence-electron chi connectivity index (χ1n) is 13.9. The van der Waals surface area contributed by atoms with Gasteiger partial charge >= 0.3 is 18.1 Å². The molecule has 2 fully saturated rings. The fourth-order valence-electron chi connectivity index (χ4n) is 5.12. The molecule has 2 atom stereocenters. The minimum absolute atomic E-state index is 0.0108. The number of benzene rings is 2. The van der Waals surface area contributed by atoms with Crippen molar-refractivity contribution < 1.29 is 49.5 Å². The lowest BCUT2D eigenvalue weighted by atomic mass is 9.90.